The molecule has 0 radical (unpaired) electrons. The minimum absolute atomic E-state index is 0.544. The van der Waals surface area contributed by atoms with Crippen LogP contribution in [0.5, 0.6) is 0 Å². The molecule has 1 aromatic carbocycles. The highest BCUT2D eigenvalue weighted by molar-refractivity contribution is 6.30. The molecule has 2 aromatic rings. The predicted octanol–water partition coefficient (Wildman–Crippen LogP) is 3.25. The highest BCUT2D eigenvalue weighted by Crippen LogP contribution is 2.12. The standard InChI is InChI=1S/C11H11ClN2O/c1-8-7-15-11(14-8)13-6-9-2-4-10(12)5-3-9/h2-5,7H,6H2,1H3,(H,13,14). The molecule has 2 rings (SSSR count). The lowest BCUT2D eigenvalue weighted by atomic mass is 10.2. The molecule has 0 amide bonds. The van der Waals surface area contributed by atoms with Gasteiger partial charge in [0, 0.05) is 11.6 Å². The number of aryl methyl sites for hydroxylation is 1. The molecule has 0 unspecified atom stereocenters. The fourth-order valence-corrected chi connectivity index (χ4v) is 1.34. The smallest absolute Gasteiger partial charge is 0.294 e. The first-order valence-electron chi connectivity index (χ1n) is 4.64. The lowest BCUT2D eigenvalue weighted by molar-refractivity contribution is 0.570. The zero-order chi connectivity index (χ0) is 10.7. The number of nitrogens with one attached hydrogen (secondary N) is 1. The molecule has 0 aliphatic carbocycles. The molecule has 0 fully saturated rings. The molecular weight excluding hydrogens is 212 g/mol. The Hall–Kier alpha value is -1.48. The van der Waals surface area contributed by atoms with E-state index < -0.39 is 0 Å². The van der Waals surface area contributed by atoms with Crippen LogP contribution in [0.4, 0.5) is 6.01 Å². The van der Waals surface area contributed by atoms with Crippen molar-refractivity contribution >= 4 is 17.6 Å². The summed E-state index contributed by atoms with van der Waals surface area (Å²) in [6.45, 7) is 2.56. The topological polar surface area (TPSA) is 38.1 Å². The molecule has 1 N–H and O–H groups in total. The number of rotatable bonds is 3. The van der Waals surface area contributed by atoms with Crippen LogP contribution >= 0.6 is 11.6 Å². The number of nitrogens with zero attached hydrogens (tertiary/aromatic N) is 1. The molecule has 0 saturated heterocycles. The highest BCUT2D eigenvalue weighted by atomic mass is 35.5. The van der Waals surface area contributed by atoms with Crippen molar-refractivity contribution in [1.29, 1.82) is 0 Å². The lowest BCUT2D eigenvalue weighted by Crippen LogP contribution is -1.99. The minimum Gasteiger partial charge on any atom is -0.432 e. The Morgan fingerprint density at radius 1 is 1.33 bits per heavy atom. The molecule has 3 nitrogen and oxygen atoms in total. The van der Waals surface area contributed by atoms with Crippen molar-refractivity contribution in [2.24, 2.45) is 0 Å². The van der Waals surface area contributed by atoms with Crippen molar-refractivity contribution in [3.63, 3.8) is 0 Å². The number of hydrogen-bond donors (Lipinski definition) is 1. The molecule has 78 valence electrons. The normalized spacial score (nSPS) is 10.3. The van der Waals surface area contributed by atoms with E-state index in [0.29, 0.717) is 12.6 Å². The first kappa shape index (κ1) is 10.1. The fourth-order valence-electron chi connectivity index (χ4n) is 1.22. The summed E-state index contributed by atoms with van der Waals surface area (Å²) in [7, 11) is 0. The second-order valence-electron chi connectivity index (χ2n) is 3.27. The van der Waals surface area contributed by atoms with Crippen molar-refractivity contribution in [3.05, 3.63) is 46.8 Å². The third-order valence-electron chi connectivity index (χ3n) is 1.98. The Morgan fingerprint density at radius 3 is 2.67 bits per heavy atom. The van der Waals surface area contributed by atoms with Crippen LogP contribution in [0.2, 0.25) is 5.02 Å². The Kier molecular flexibility index (Phi) is 2.92. The van der Waals surface area contributed by atoms with E-state index in [4.69, 9.17) is 16.0 Å². The van der Waals surface area contributed by atoms with Crippen LogP contribution in [-0.2, 0) is 6.54 Å². The zero-order valence-corrected chi connectivity index (χ0v) is 9.08. The van der Waals surface area contributed by atoms with Crippen molar-refractivity contribution in [1.82, 2.24) is 4.98 Å². The van der Waals surface area contributed by atoms with Gasteiger partial charge < -0.3 is 9.73 Å². The Morgan fingerprint density at radius 2 is 2.07 bits per heavy atom. The molecule has 0 aliphatic rings. The van der Waals surface area contributed by atoms with Crippen molar-refractivity contribution in [2.75, 3.05) is 5.32 Å². The molecule has 4 heteroatoms. The van der Waals surface area contributed by atoms with E-state index in [0.717, 1.165) is 16.3 Å². The number of oxazole rings is 1. The number of halogens is 1. The van der Waals surface area contributed by atoms with Gasteiger partial charge in [-0.15, -0.1) is 0 Å². The average molecular weight is 223 g/mol. The van der Waals surface area contributed by atoms with Crippen molar-refractivity contribution in [3.8, 4) is 0 Å². The zero-order valence-electron chi connectivity index (χ0n) is 8.33. The van der Waals surface area contributed by atoms with Gasteiger partial charge >= 0.3 is 0 Å². The summed E-state index contributed by atoms with van der Waals surface area (Å²) in [4.78, 5) is 4.14. The Labute approximate surface area is 93.1 Å². The van der Waals surface area contributed by atoms with Crippen LogP contribution < -0.4 is 5.32 Å². The molecule has 0 bridgehead atoms. The number of benzene rings is 1. The fraction of sp³-hybridized carbons (Fsp3) is 0.182. The van der Waals surface area contributed by atoms with Gasteiger partial charge in [0.2, 0.25) is 0 Å². The molecule has 0 atom stereocenters. The van der Waals surface area contributed by atoms with E-state index in [2.05, 4.69) is 10.3 Å². The van der Waals surface area contributed by atoms with Crippen LogP contribution in [0.25, 0.3) is 0 Å². The predicted molar refractivity (Wildman–Crippen MR) is 60.0 cm³/mol. The number of hydrogen-bond acceptors (Lipinski definition) is 3. The lowest BCUT2D eigenvalue weighted by Gasteiger charge is -2.01. The van der Waals surface area contributed by atoms with Gasteiger partial charge in [-0.05, 0) is 24.6 Å². The second-order valence-corrected chi connectivity index (χ2v) is 3.71. The van der Waals surface area contributed by atoms with Crippen LogP contribution in [-0.4, -0.2) is 4.98 Å². The molecular formula is C11H11ClN2O. The Bertz CT molecular complexity index is 436. The van der Waals surface area contributed by atoms with Gasteiger partial charge in [0.05, 0.1) is 5.69 Å². The maximum absolute atomic E-state index is 5.78. The van der Waals surface area contributed by atoms with Gasteiger partial charge in [0.1, 0.15) is 6.26 Å². The summed E-state index contributed by atoms with van der Waals surface area (Å²) < 4.78 is 5.16. The quantitative estimate of drug-likeness (QED) is 0.867. The molecule has 0 aliphatic heterocycles. The first-order valence-corrected chi connectivity index (χ1v) is 5.02. The van der Waals surface area contributed by atoms with Gasteiger partial charge in [0.25, 0.3) is 6.01 Å². The summed E-state index contributed by atoms with van der Waals surface area (Å²) in [5.74, 6) is 0. The summed E-state index contributed by atoms with van der Waals surface area (Å²) >= 11 is 5.78. The maximum atomic E-state index is 5.78. The van der Waals surface area contributed by atoms with Gasteiger partial charge in [-0.25, -0.2) is 0 Å². The van der Waals surface area contributed by atoms with Gasteiger partial charge in [-0.3, -0.25) is 0 Å². The molecule has 0 spiro atoms. The SMILES string of the molecule is Cc1coc(NCc2ccc(Cl)cc2)n1. The van der Waals surface area contributed by atoms with Crippen molar-refractivity contribution in [2.45, 2.75) is 13.5 Å². The van der Waals surface area contributed by atoms with Gasteiger partial charge in [-0.2, -0.15) is 4.98 Å². The van der Waals surface area contributed by atoms with Gasteiger partial charge in [-0.1, -0.05) is 23.7 Å². The number of aromatic nitrogens is 1. The summed E-state index contributed by atoms with van der Waals surface area (Å²) in [5.41, 5.74) is 2.00. The average Bonchev–Trinajstić information content (AvgIpc) is 2.64. The summed E-state index contributed by atoms with van der Waals surface area (Å²) in [5, 5.41) is 3.82. The van der Waals surface area contributed by atoms with Crippen LogP contribution in [0, 0.1) is 6.92 Å². The van der Waals surface area contributed by atoms with Crippen LogP contribution in [0.15, 0.2) is 34.9 Å². The van der Waals surface area contributed by atoms with E-state index in [1.165, 1.54) is 0 Å². The van der Waals surface area contributed by atoms with E-state index in [-0.39, 0.29) is 0 Å². The van der Waals surface area contributed by atoms with E-state index in [9.17, 15) is 0 Å². The molecule has 1 aromatic heterocycles. The van der Waals surface area contributed by atoms with E-state index >= 15 is 0 Å². The third-order valence-corrected chi connectivity index (χ3v) is 2.23. The second kappa shape index (κ2) is 4.36. The molecule has 15 heavy (non-hydrogen) atoms. The molecule has 1 heterocycles. The largest absolute Gasteiger partial charge is 0.432 e. The third kappa shape index (κ3) is 2.73. The summed E-state index contributed by atoms with van der Waals surface area (Å²) in [6.07, 6.45) is 1.62. The van der Waals surface area contributed by atoms with Crippen LogP contribution in [0.3, 0.4) is 0 Å². The summed E-state index contributed by atoms with van der Waals surface area (Å²) in [6, 6.07) is 8.19. The monoisotopic (exact) mass is 222 g/mol. The van der Waals surface area contributed by atoms with E-state index in [1.54, 1.807) is 6.26 Å². The molecule has 0 saturated carbocycles. The van der Waals surface area contributed by atoms with E-state index in [1.807, 2.05) is 31.2 Å². The number of anilines is 1. The highest BCUT2D eigenvalue weighted by Gasteiger charge is 1.99. The van der Waals surface area contributed by atoms with Crippen molar-refractivity contribution < 1.29 is 4.42 Å². The van der Waals surface area contributed by atoms with Gasteiger partial charge in [0.15, 0.2) is 0 Å². The maximum Gasteiger partial charge on any atom is 0.294 e. The van der Waals surface area contributed by atoms with Crippen LogP contribution in [0.1, 0.15) is 11.3 Å². The first-order chi connectivity index (χ1) is 7.24. The minimum atomic E-state index is 0.544. The Balaban J connectivity index is 1.96.